The molecule has 2 saturated carbocycles. The molecule has 0 aliphatic heterocycles. The summed E-state index contributed by atoms with van der Waals surface area (Å²) in [6.45, 7) is 4.29. The summed E-state index contributed by atoms with van der Waals surface area (Å²) < 4.78 is 41.7. The molecule has 1 nitrogen and oxygen atoms in total. The summed E-state index contributed by atoms with van der Waals surface area (Å²) in [7, 11) is 0. The molecule has 27 heavy (non-hydrogen) atoms. The van der Waals surface area contributed by atoms with Gasteiger partial charge in [0, 0.05) is 6.42 Å². The van der Waals surface area contributed by atoms with E-state index in [1.54, 1.807) is 0 Å². The number of unbranched alkanes of at least 4 members (excludes halogenated alkanes) is 3. The highest BCUT2D eigenvalue weighted by Crippen LogP contribution is 2.54. The van der Waals surface area contributed by atoms with Crippen LogP contribution in [0.3, 0.4) is 0 Å². The summed E-state index contributed by atoms with van der Waals surface area (Å²) >= 11 is 0. The summed E-state index contributed by atoms with van der Waals surface area (Å²) in [4.78, 5) is 12.6. The second kappa shape index (κ2) is 10.3. The van der Waals surface area contributed by atoms with Crippen molar-refractivity contribution < 1.29 is 18.0 Å². The van der Waals surface area contributed by atoms with Crippen molar-refractivity contribution in [1.82, 2.24) is 0 Å². The first-order valence-electron chi connectivity index (χ1n) is 11.4. The van der Waals surface area contributed by atoms with Crippen molar-refractivity contribution in [1.29, 1.82) is 0 Å². The molecule has 0 aromatic rings. The van der Waals surface area contributed by atoms with Gasteiger partial charge in [-0.2, -0.15) is 13.2 Å². The van der Waals surface area contributed by atoms with Crippen LogP contribution >= 0.6 is 0 Å². The molecule has 0 amide bonds. The molecular weight excluding hydrogens is 349 g/mol. The summed E-state index contributed by atoms with van der Waals surface area (Å²) in [6.07, 6.45) is 7.81. The molecule has 0 aromatic carbocycles. The Bertz CT molecular complexity index is 441. The van der Waals surface area contributed by atoms with Crippen LogP contribution in [-0.4, -0.2) is 12.0 Å². The minimum Gasteiger partial charge on any atom is -0.299 e. The SMILES string of the molecule is CCCCCCC(=O)C1(C(F)(F)F)CCC(C2CCC(CCC)CC2)CC1. The van der Waals surface area contributed by atoms with Crippen LogP contribution in [0.15, 0.2) is 0 Å². The first-order chi connectivity index (χ1) is 12.8. The molecule has 0 saturated heterocycles. The number of hydrogen-bond acceptors (Lipinski definition) is 1. The minimum atomic E-state index is -4.39. The van der Waals surface area contributed by atoms with E-state index in [1.807, 2.05) is 0 Å². The number of carbonyl (C=O) groups is 1. The number of carbonyl (C=O) groups excluding carboxylic acids is 1. The first-order valence-corrected chi connectivity index (χ1v) is 11.4. The second-order valence-corrected chi connectivity index (χ2v) is 9.22. The van der Waals surface area contributed by atoms with E-state index < -0.39 is 17.4 Å². The number of rotatable bonds is 9. The number of hydrogen-bond donors (Lipinski definition) is 0. The molecule has 0 radical (unpaired) electrons. The Balaban J connectivity index is 1.90. The fraction of sp³-hybridized carbons (Fsp3) is 0.957. The number of halogens is 3. The van der Waals surface area contributed by atoms with E-state index in [0.29, 0.717) is 31.1 Å². The largest absolute Gasteiger partial charge is 0.401 e. The Labute approximate surface area is 163 Å². The predicted octanol–water partition coefficient (Wildman–Crippen LogP) is 7.87. The van der Waals surface area contributed by atoms with Crippen LogP contribution in [0.5, 0.6) is 0 Å². The predicted molar refractivity (Wildman–Crippen MR) is 105 cm³/mol. The normalized spacial score (nSPS) is 32.4. The summed E-state index contributed by atoms with van der Waals surface area (Å²) in [6, 6.07) is 0. The van der Waals surface area contributed by atoms with E-state index in [-0.39, 0.29) is 19.3 Å². The van der Waals surface area contributed by atoms with Gasteiger partial charge in [-0.1, -0.05) is 58.8 Å². The maximum atomic E-state index is 13.9. The van der Waals surface area contributed by atoms with Gasteiger partial charge in [-0.3, -0.25) is 4.79 Å². The van der Waals surface area contributed by atoms with Gasteiger partial charge < -0.3 is 0 Å². The van der Waals surface area contributed by atoms with Crippen molar-refractivity contribution in [2.75, 3.05) is 0 Å². The lowest BCUT2D eigenvalue weighted by atomic mass is 9.62. The van der Waals surface area contributed by atoms with Crippen molar-refractivity contribution in [3.63, 3.8) is 0 Å². The molecule has 4 heteroatoms. The molecule has 2 fully saturated rings. The van der Waals surface area contributed by atoms with Gasteiger partial charge in [-0.15, -0.1) is 0 Å². The quantitative estimate of drug-likeness (QED) is 0.367. The molecule has 0 aromatic heterocycles. The molecule has 0 N–H and O–H groups in total. The molecule has 2 rings (SSSR count). The van der Waals surface area contributed by atoms with Gasteiger partial charge in [0.25, 0.3) is 0 Å². The third kappa shape index (κ3) is 5.73. The Morgan fingerprint density at radius 2 is 1.44 bits per heavy atom. The zero-order valence-corrected chi connectivity index (χ0v) is 17.4. The smallest absolute Gasteiger partial charge is 0.299 e. The number of alkyl halides is 3. The molecule has 2 aliphatic rings. The maximum Gasteiger partial charge on any atom is 0.401 e. The van der Waals surface area contributed by atoms with Crippen molar-refractivity contribution in [2.45, 2.75) is 116 Å². The molecule has 0 heterocycles. The highest BCUT2D eigenvalue weighted by Gasteiger charge is 2.60. The van der Waals surface area contributed by atoms with Crippen molar-refractivity contribution in [2.24, 2.45) is 23.2 Å². The van der Waals surface area contributed by atoms with Crippen LogP contribution < -0.4 is 0 Å². The first kappa shape index (κ1) is 22.7. The summed E-state index contributed by atoms with van der Waals surface area (Å²) in [5.74, 6) is 1.28. The van der Waals surface area contributed by atoms with E-state index in [9.17, 15) is 18.0 Å². The lowest BCUT2D eigenvalue weighted by Gasteiger charge is -2.43. The Morgan fingerprint density at radius 3 is 1.96 bits per heavy atom. The van der Waals surface area contributed by atoms with E-state index in [4.69, 9.17) is 0 Å². The highest BCUT2D eigenvalue weighted by molar-refractivity contribution is 5.85. The van der Waals surface area contributed by atoms with E-state index >= 15 is 0 Å². The maximum absolute atomic E-state index is 13.9. The summed E-state index contributed by atoms with van der Waals surface area (Å²) in [5.41, 5.74) is -2.05. The van der Waals surface area contributed by atoms with Gasteiger partial charge >= 0.3 is 6.18 Å². The van der Waals surface area contributed by atoms with Crippen LogP contribution in [0.2, 0.25) is 0 Å². The van der Waals surface area contributed by atoms with Crippen LogP contribution in [0, 0.1) is 23.2 Å². The Hall–Kier alpha value is -0.540. The lowest BCUT2D eigenvalue weighted by molar-refractivity contribution is -0.232. The zero-order valence-electron chi connectivity index (χ0n) is 17.4. The Morgan fingerprint density at radius 1 is 0.852 bits per heavy atom. The van der Waals surface area contributed by atoms with E-state index in [1.165, 1.54) is 38.5 Å². The van der Waals surface area contributed by atoms with Gasteiger partial charge in [-0.25, -0.2) is 0 Å². The van der Waals surface area contributed by atoms with E-state index in [2.05, 4.69) is 13.8 Å². The standard InChI is InChI=1S/C23H39F3O/c1-3-5-6-7-9-21(27)22(23(24,25)26)16-14-20(15-17-22)19-12-10-18(8-4-2)11-13-19/h18-20H,3-17H2,1-2H3. The third-order valence-electron chi connectivity index (χ3n) is 7.47. The zero-order chi connectivity index (χ0) is 19.9. The van der Waals surface area contributed by atoms with Gasteiger partial charge in [0.15, 0.2) is 0 Å². The fourth-order valence-corrected chi connectivity index (χ4v) is 5.63. The molecule has 0 atom stereocenters. The van der Waals surface area contributed by atoms with E-state index in [0.717, 1.165) is 25.2 Å². The van der Waals surface area contributed by atoms with Crippen molar-refractivity contribution in [3.05, 3.63) is 0 Å². The van der Waals surface area contributed by atoms with Crippen LogP contribution in [0.4, 0.5) is 13.2 Å². The van der Waals surface area contributed by atoms with Gasteiger partial charge in [0.05, 0.1) is 0 Å². The highest BCUT2D eigenvalue weighted by atomic mass is 19.4. The lowest BCUT2D eigenvalue weighted by Crippen LogP contribution is -2.48. The monoisotopic (exact) mass is 388 g/mol. The third-order valence-corrected chi connectivity index (χ3v) is 7.47. The molecule has 0 spiro atoms. The van der Waals surface area contributed by atoms with Crippen LogP contribution in [0.1, 0.15) is 110 Å². The average Bonchev–Trinajstić information content (AvgIpc) is 2.65. The minimum absolute atomic E-state index is 0.0304. The van der Waals surface area contributed by atoms with Crippen molar-refractivity contribution in [3.8, 4) is 0 Å². The van der Waals surface area contributed by atoms with Crippen molar-refractivity contribution >= 4 is 5.78 Å². The van der Waals surface area contributed by atoms with Gasteiger partial charge in [-0.05, 0) is 62.7 Å². The molecular formula is C23H39F3O. The van der Waals surface area contributed by atoms with Crippen LogP contribution in [-0.2, 0) is 4.79 Å². The second-order valence-electron chi connectivity index (χ2n) is 9.22. The fourth-order valence-electron chi connectivity index (χ4n) is 5.63. The number of Topliss-reactive ketones (excluding diaryl/α,β-unsaturated/α-hetero) is 1. The molecule has 2 aliphatic carbocycles. The van der Waals surface area contributed by atoms with Crippen LogP contribution in [0.25, 0.3) is 0 Å². The molecule has 158 valence electrons. The average molecular weight is 389 g/mol. The number of ketones is 1. The Kier molecular flexibility index (Phi) is 8.68. The topological polar surface area (TPSA) is 17.1 Å². The van der Waals surface area contributed by atoms with Gasteiger partial charge in [0.1, 0.15) is 11.2 Å². The van der Waals surface area contributed by atoms with Gasteiger partial charge in [0.2, 0.25) is 0 Å². The summed E-state index contributed by atoms with van der Waals surface area (Å²) in [5, 5.41) is 0. The molecule has 0 bridgehead atoms. The molecule has 0 unspecified atom stereocenters.